The quantitative estimate of drug-likeness (QED) is 0.775. The molecule has 128 valence electrons. The number of nitrogens with zero attached hydrogens (tertiary/aromatic N) is 3. The van der Waals surface area contributed by atoms with Crippen LogP contribution in [0.1, 0.15) is 15.9 Å². The number of primary amides is 1. The smallest absolute Gasteiger partial charge is 0.259 e. The second-order valence-electron chi connectivity index (χ2n) is 5.38. The Morgan fingerprint density at radius 2 is 1.96 bits per heavy atom. The monoisotopic (exact) mass is 346 g/mol. The lowest BCUT2D eigenvalue weighted by molar-refractivity contribution is 0.0997. The minimum atomic E-state index is -0.737. The van der Waals surface area contributed by atoms with Gasteiger partial charge >= 0.3 is 0 Å². The number of benzene rings is 1. The number of methoxy groups -OCH3 is 1. The van der Waals surface area contributed by atoms with Gasteiger partial charge in [0.25, 0.3) is 11.5 Å². The summed E-state index contributed by atoms with van der Waals surface area (Å²) >= 11 is 0. The van der Waals surface area contributed by atoms with Crippen LogP contribution < -0.4 is 16.0 Å². The number of carbonyl (C=O) groups excluding carboxylic acids is 1. The second-order valence-corrected chi connectivity index (χ2v) is 5.38. The van der Waals surface area contributed by atoms with Gasteiger partial charge in [0.05, 0.1) is 30.3 Å². The van der Waals surface area contributed by atoms with Crippen molar-refractivity contribution in [1.82, 2.24) is 9.55 Å². The molecule has 2 N–H and O–H groups in total. The molecule has 2 heterocycles. The van der Waals surface area contributed by atoms with Crippen molar-refractivity contribution in [1.29, 1.82) is 5.26 Å². The highest BCUT2D eigenvalue weighted by Crippen LogP contribution is 2.30. The molecule has 3 aromatic rings. The first-order valence-electron chi connectivity index (χ1n) is 7.61. The first-order valence-corrected chi connectivity index (χ1v) is 7.61. The van der Waals surface area contributed by atoms with Crippen LogP contribution in [-0.4, -0.2) is 22.6 Å². The summed E-state index contributed by atoms with van der Waals surface area (Å²) in [4.78, 5) is 28.9. The molecule has 0 saturated heterocycles. The van der Waals surface area contributed by atoms with Gasteiger partial charge in [0, 0.05) is 12.3 Å². The normalized spacial score (nSPS) is 10.2. The van der Waals surface area contributed by atoms with Crippen LogP contribution in [0.2, 0.25) is 0 Å². The Kier molecular flexibility index (Phi) is 4.50. The summed E-state index contributed by atoms with van der Waals surface area (Å²) in [6.45, 7) is 0. The van der Waals surface area contributed by atoms with E-state index in [1.54, 1.807) is 24.3 Å². The molecule has 3 rings (SSSR count). The SMILES string of the molecule is COc1cc(=O)n(-c2cncc(C#N)c2)c(-c2ccccc2)c1C(N)=O. The maximum absolute atomic E-state index is 12.8. The van der Waals surface area contributed by atoms with E-state index in [0.717, 1.165) is 0 Å². The Hall–Kier alpha value is -3.92. The first-order chi connectivity index (χ1) is 12.6. The van der Waals surface area contributed by atoms with Crippen molar-refractivity contribution >= 4 is 5.91 Å². The molecule has 0 saturated carbocycles. The van der Waals surface area contributed by atoms with Crippen LogP contribution in [0, 0.1) is 11.3 Å². The molecule has 0 radical (unpaired) electrons. The Bertz CT molecular complexity index is 1080. The van der Waals surface area contributed by atoms with Crippen molar-refractivity contribution in [3.63, 3.8) is 0 Å². The van der Waals surface area contributed by atoms with Gasteiger partial charge in [0.1, 0.15) is 17.4 Å². The van der Waals surface area contributed by atoms with Gasteiger partial charge in [-0.3, -0.25) is 19.1 Å². The molecular weight excluding hydrogens is 332 g/mol. The summed E-state index contributed by atoms with van der Waals surface area (Å²) in [5, 5.41) is 9.12. The number of hydrogen-bond acceptors (Lipinski definition) is 5. The van der Waals surface area contributed by atoms with Gasteiger partial charge in [-0.15, -0.1) is 0 Å². The van der Waals surface area contributed by atoms with Crippen molar-refractivity contribution < 1.29 is 9.53 Å². The topological polar surface area (TPSA) is 111 Å². The molecular formula is C19H14N4O3. The van der Waals surface area contributed by atoms with Crippen LogP contribution in [0.15, 0.2) is 59.7 Å². The minimum absolute atomic E-state index is 0.0701. The number of carbonyl (C=O) groups is 1. The standard InChI is InChI=1S/C19H14N4O3/c1-26-15-8-16(24)23(14-7-12(9-20)10-22-11-14)18(17(15)19(21)25)13-5-3-2-4-6-13/h2-8,10-11H,1H3,(H2,21,25). The highest BCUT2D eigenvalue weighted by atomic mass is 16.5. The maximum Gasteiger partial charge on any atom is 0.259 e. The largest absolute Gasteiger partial charge is 0.496 e. The fraction of sp³-hybridized carbons (Fsp3) is 0.0526. The van der Waals surface area contributed by atoms with Crippen LogP contribution in [0.25, 0.3) is 16.9 Å². The predicted molar refractivity (Wildman–Crippen MR) is 95.1 cm³/mol. The molecule has 26 heavy (non-hydrogen) atoms. The molecule has 1 aromatic carbocycles. The molecule has 0 aliphatic heterocycles. The van der Waals surface area contributed by atoms with E-state index in [0.29, 0.717) is 11.3 Å². The van der Waals surface area contributed by atoms with Gasteiger partial charge in [-0.2, -0.15) is 5.26 Å². The summed E-state index contributed by atoms with van der Waals surface area (Å²) in [7, 11) is 1.36. The maximum atomic E-state index is 12.8. The third kappa shape index (κ3) is 2.91. The second kappa shape index (κ2) is 6.91. The Morgan fingerprint density at radius 1 is 1.23 bits per heavy atom. The Balaban J connectivity index is 2.48. The summed E-state index contributed by atoms with van der Waals surface area (Å²) in [6, 6.07) is 13.5. The van der Waals surface area contributed by atoms with E-state index in [-0.39, 0.29) is 22.6 Å². The summed E-state index contributed by atoms with van der Waals surface area (Å²) in [5.74, 6) is -0.652. The van der Waals surface area contributed by atoms with Crippen LogP contribution in [-0.2, 0) is 0 Å². The zero-order valence-electron chi connectivity index (χ0n) is 13.8. The zero-order valence-corrected chi connectivity index (χ0v) is 13.8. The highest BCUT2D eigenvalue weighted by molar-refractivity contribution is 6.02. The molecule has 7 heteroatoms. The van der Waals surface area contributed by atoms with Crippen molar-refractivity contribution in [2.45, 2.75) is 0 Å². The van der Waals surface area contributed by atoms with Crippen molar-refractivity contribution in [2.24, 2.45) is 5.73 Å². The van der Waals surface area contributed by atoms with Crippen LogP contribution in [0.3, 0.4) is 0 Å². The average molecular weight is 346 g/mol. The summed E-state index contributed by atoms with van der Waals surface area (Å²) in [5.41, 5.74) is 6.71. The lowest BCUT2D eigenvalue weighted by atomic mass is 10.0. The van der Waals surface area contributed by atoms with Gasteiger partial charge in [-0.25, -0.2) is 0 Å². The highest BCUT2D eigenvalue weighted by Gasteiger charge is 2.23. The van der Waals surface area contributed by atoms with Crippen molar-refractivity contribution in [2.75, 3.05) is 7.11 Å². The van der Waals surface area contributed by atoms with E-state index in [1.165, 1.54) is 36.2 Å². The molecule has 2 aromatic heterocycles. The van der Waals surface area contributed by atoms with Crippen LogP contribution in [0.4, 0.5) is 0 Å². The van der Waals surface area contributed by atoms with Gasteiger partial charge in [-0.1, -0.05) is 30.3 Å². The molecule has 0 fully saturated rings. The van der Waals surface area contributed by atoms with Gasteiger partial charge < -0.3 is 10.5 Å². The molecule has 7 nitrogen and oxygen atoms in total. The van der Waals surface area contributed by atoms with Crippen LogP contribution in [0.5, 0.6) is 5.75 Å². The molecule has 0 unspecified atom stereocenters. The lowest BCUT2D eigenvalue weighted by Gasteiger charge is -2.18. The average Bonchev–Trinajstić information content (AvgIpc) is 2.67. The fourth-order valence-electron chi connectivity index (χ4n) is 2.72. The fourth-order valence-corrected chi connectivity index (χ4v) is 2.72. The number of nitriles is 1. The Labute approximate surface area is 148 Å². The number of amides is 1. The van der Waals surface area contributed by atoms with Gasteiger partial charge in [-0.05, 0) is 11.6 Å². The molecule has 0 atom stereocenters. The molecule has 0 aliphatic carbocycles. The van der Waals surface area contributed by atoms with Crippen molar-refractivity contribution in [3.8, 4) is 28.8 Å². The van der Waals surface area contributed by atoms with Crippen molar-refractivity contribution in [3.05, 3.63) is 76.3 Å². The molecule has 0 aliphatic rings. The third-order valence-electron chi connectivity index (χ3n) is 3.81. The Morgan fingerprint density at radius 3 is 2.58 bits per heavy atom. The number of aromatic nitrogens is 2. The van der Waals surface area contributed by atoms with Gasteiger partial charge in [0.15, 0.2) is 0 Å². The lowest BCUT2D eigenvalue weighted by Crippen LogP contribution is -2.25. The molecule has 0 spiro atoms. The van der Waals surface area contributed by atoms with E-state index in [9.17, 15) is 9.59 Å². The third-order valence-corrected chi connectivity index (χ3v) is 3.81. The van der Waals surface area contributed by atoms with E-state index in [4.69, 9.17) is 15.7 Å². The summed E-state index contributed by atoms with van der Waals surface area (Å²) in [6.07, 6.45) is 2.82. The number of ether oxygens (including phenoxy) is 1. The predicted octanol–water partition coefficient (Wildman–Crippen LogP) is 1.88. The van der Waals surface area contributed by atoms with Gasteiger partial charge in [0.2, 0.25) is 0 Å². The first kappa shape index (κ1) is 16.9. The minimum Gasteiger partial charge on any atom is -0.496 e. The number of pyridine rings is 2. The van der Waals surface area contributed by atoms with Crippen LogP contribution >= 0.6 is 0 Å². The van der Waals surface area contributed by atoms with E-state index < -0.39 is 11.5 Å². The zero-order chi connectivity index (χ0) is 18.7. The molecule has 0 bridgehead atoms. The van der Waals surface area contributed by atoms with E-state index in [2.05, 4.69) is 4.98 Å². The summed E-state index contributed by atoms with van der Waals surface area (Å²) < 4.78 is 6.50. The van der Waals surface area contributed by atoms with E-state index >= 15 is 0 Å². The number of nitrogens with two attached hydrogens (primary N) is 1. The van der Waals surface area contributed by atoms with E-state index in [1.807, 2.05) is 12.1 Å². The molecule has 1 amide bonds. The number of hydrogen-bond donors (Lipinski definition) is 1. The number of rotatable bonds is 4.